The lowest BCUT2D eigenvalue weighted by Gasteiger charge is -2.30. The molecule has 0 aliphatic carbocycles. The number of rotatable bonds is 2. The van der Waals surface area contributed by atoms with E-state index in [4.69, 9.17) is 5.11 Å². The van der Waals surface area contributed by atoms with Gasteiger partial charge in [-0.1, -0.05) is 13.8 Å². The number of hydrogen-bond acceptors (Lipinski definition) is 3. The van der Waals surface area contributed by atoms with Gasteiger partial charge in [0.2, 0.25) is 11.8 Å². The van der Waals surface area contributed by atoms with Crippen LogP contribution in [-0.2, 0) is 14.4 Å². The van der Waals surface area contributed by atoms with Gasteiger partial charge in [0, 0.05) is 6.42 Å². The molecule has 1 saturated heterocycles. The second-order valence-electron chi connectivity index (χ2n) is 4.96. The average molecular weight is 213 g/mol. The summed E-state index contributed by atoms with van der Waals surface area (Å²) < 4.78 is 0. The molecule has 1 aliphatic rings. The van der Waals surface area contributed by atoms with Gasteiger partial charge in [0.05, 0.1) is 5.41 Å². The number of imide groups is 1. The molecule has 0 atom stereocenters. The number of amides is 2. The van der Waals surface area contributed by atoms with Crippen LogP contribution in [0.2, 0.25) is 0 Å². The topological polar surface area (TPSA) is 74.7 Å². The Bertz CT molecular complexity index is 343. The third-order valence-corrected chi connectivity index (χ3v) is 2.71. The molecule has 0 radical (unpaired) electrons. The van der Waals surface area contributed by atoms with Gasteiger partial charge in [-0.2, -0.15) is 0 Å². The molecular weight excluding hydrogens is 198 g/mol. The predicted octanol–water partition coefficient (Wildman–Crippen LogP) is 0.635. The molecule has 0 saturated carbocycles. The number of aliphatic carboxylic acids is 1. The predicted molar refractivity (Wildman–Crippen MR) is 52.0 cm³/mol. The highest BCUT2D eigenvalue weighted by atomic mass is 16.4. The van der Waals surface area contributed by atoms with Crippen LogP contribution < -0.4 is 0 Å². The van der Waals surface area contributed by atoms with E-state index in [1.54, 1.807) is 13.8 Å². The summed E-state index contributed by atoms with van der Waals surface area (Å²) in [5.41, 5.74) is -2.26. The Morgan fingerprint density at radius 3 is 2.13 bits per heavy atom. The van der Waals surface area contributed by atoms with Crippen molar-refractivity contribution in [2.75, 3.05) is 0 Å². The summed E-state index contributed by atoms with van der Waals surface area (Å²) in [6, 6.07) is 0. The highest BCUT2D eigenvalue weighted by Crippen LogP contribution is 2.35. The van der Waals surface area contributed by atoms with Crippen LogP contribution >= 0.6 is 0 Å². The molecule has 0 unspecified atom stereocenters. The molecule has 0 aromatic carbocycles. The van der Waals surface area contributed by atoms with Gasteiger partial charge in [0.15, 0.2) is 0 Å². The lowest BCUT2D eigenvalue weighted by molar-refractivity contribution is -0.161. The Labute approximate surface area is 88.1 Å². The van der Waals surface area contributed by atoms with Crippen molar-refractivity contribution in [3.63, 3.8) is 0 Å². The van der Waals surface area contributed by atoms with Crippen LogP contribution in [0.5, 0.6) is 0 Å². The Kier molecular flexibility index (Phi) is 2.38. The molecule has 5 heteroatoms. The average Bonchev–Trinajstić information content (AvgIpc) is 2.20. The highest BCUT2D eigenvalue weighted by molar-refractivity contribution is 6.08. The maximum Gasteiger partial charge on any atom is 0.329 e. The monoisotopic (exact) mass is 213 g/mol. The van der Waals surface area contributed by atoms with Crippen molar-refractivity contribution in [3.8, 4) is 0 Å². The number of carboxylic acids is 1. The molecule has 0 spiro atoms. The van der Waals surface area contributed by atoms with Gasteiger partial charge in [-0.15, -0.1) is 0 Å². The minimum Gasteiger partial charge on any atom is -0.480 e. The fraction of sp³-hybridized carbons (Fsp3) is 0.700. The number of carboxylic acid groups (broad SMARTS) is 1. The fourth-order valence-electron chi connectivity index (χ4n) is 1.61. The quantitative estimate of drug-likeness (QED) is 0.683. The third-order valence-electron chi connectivity index (χ3n) is 2.71. The van der Waals surface area contributed by atoms with Crippen molar-refractivity contribution in [3.05, 3.63) is 0 Å². The smallest absolute Gasteiger partial charge is 0.329 e. The normalized spacial score (nSPS) is 20.9. The Morgan fingerprint density at radius 1 is 1.40 bits per heavy atom. The zero-order valence-corrected chi connectivity index (χ0v) is 9.33. The van der Waals surface area contributed by atoms with Crippen molar-refractivity contribution in [1.82, 2.24) is 4.90 Å². The fourth-order valence-corrected chi connectivity index (χ4v) is 1.61. The van der Waals surface area contributed by atoms with Crippen LogP contribution in [0.25, 0.3) is 0 Å². The van der Waals surface area contributed by atoms with Crippen molar-refractivity contribution < 1.29 is 19.5 Å². The van der Waals surface area contributed by atoms with Crippen molar-refractivity contribution in [2.45, 2.75) is 39.7 Å². The zero-order chi connectivity index (χ0) is 12.0. The highest BCUT2D eigenvalue weighted by Gasteiger charge is 2.53. The molecular formula is C10H15NO4. The summed E-state index contributed by atoms with van der Waals surface area (Å²) in [5, 5.41) is 8.96. The maximum atomic E-state index is 11.8. The first-order valence-corrected chi connectivity index (χ1v) is 4.71. The summed E-state index contributed by atoms with van der Waals surface area (Å²) in [5.74, 6) is -2.01. The van der Waals surface area contributed by atoms with Crippen LogP contribution in [0.4, 0.5) is 0 Å². The van der Waals surface area contributed by atoms with Crippen LogP contribution in [0.3, 0.4) is 0 Å². The van der Waals surface area contributed by atoms with E-state index in [1.165, 1.54) is 13.8 Å². The summed E-state index contributed by atoms with van der Waals surface area (Å²) in [7, 11) is 0. The van der Waals surface area contributed by atoms with E-state index < -0.39 is 28.7 Å². The first-order valence-electron chi connectivity index (χ1n) is 4.71. The van der Waals surface area contributed by atoms with E-state index in [0.29, 0.717) is 0 Å². The SMILES string of the molecule is CC1(C)CC(=O)N(C(C)(C)C(=O)O)C1=O. The number of hydrogen-bond donors (Lipinski definition) is 1. The van der Waals surface area contributed by atoms with Gasteiger partial charge in [-0.05, 0) is 13.8 Å². The third kappa shape index (κ3) is 1.62. The summed E-state index contributed by atoms with van der Waals surface area (Å²) >= 11 is 0. The van der Waals surface area contributed by atoms with E-state index >= 15 is 0 Å². The molecule has 0 aromatic rings. The molecule has 5 nitrogen and oxygen atoms in total. The largest absolute Gasteiger partial charge is 0.480 e. The lowest BCUT2D eigenvalue weighted by atomic mass is 9.91. The summed E-state index contributed by atoms with van der Waals surface area (Å²) in [6.07, 6.45) is 0.0720. The molecule has 0 bridgehead atoms. The first-order chi connectivity index (χ1) is 6.60. The zero-order valence-electron chi connectivity index (χ0n) is 9.33. The van der Waals surface area contributed by atoms with E-state index in [9.17, 15) is 14.4 Å². The minimum atomic E-state index is -1.47. The standard InChI is InChI=1S/C10H15NO4/c1-9(2)5-6(12)11(7(9)13)10(3,4)8(14)15/h5H2,1-4H3,(H,14,15). The number of carbonyl (C=O) groups excluding carboxylic acids is 2. The molecule has 15 heavy (non-hydrogen) atoms. The number of carbonyl (C=O) groups is 3. The summed E-state index contributed by atoms with van der Waals surface area (Å²) in [6.45, 7) is 6.00. The Morgan fingerprint density at radius 2 is 1.87 bits per heavy atom. The van der Waals surface area contributed by atoms with E-state index in [1.807, 2.05) is 0 Å². The van der Waals surface area contributed by atoms with Gasteiger partial charge in [0.1, 0.15) is 5.54 Å². The molecule has 1 N–H and O–H groups in total. The molecule has 84 valence electrons. The number of nitrogens with zero attached hydrogens (tertiary/aromatic N) is 1. The van der Waals surface area contributed by atoms with E-state index in [2.05, 4.69) is 0 Å². The summed E-state index contributed by atoms with van der Waals surface area (Å²) in [4.78, 5) is 35.2. The van der Waals surface area contributed by atoms with Gasteiger partial charge < -0.3 is 5.11 Å². The second-order valence-corrected chi connectivity index (χ2v) is 4.96. The minimum absolute atomic E-state index is 0.0720. The lowest BCUT2D eigenvalue weighted by Crippen LogP contribution is -2.53. The first kappa shape index (κ1) is 11.7. The van der Waals surface area contributed by atoms with Crippen LogP contribution in [-0.4, -0.2) is 33.3 Å². The Hall–Kier alpha value is -1.39. The molecule has 1 aliphatic heterocycles. The molecule has 1 rings (SSSR count). The second kappa shape index (κ2) is 3.05. The van der Waals surface area contributed by atoms with Gasteiger partial charge in [-0.25, -0.2) is 4.79 Å². The van der Waals surface area contributed by atoms with Crippen molar-refractivity contribution in [2.24, 2.45) is 5.41 Å². The van der Waals surface area contributed by atoms with Gasteiger partial charge in [0.25, 0.3) is 0 Å². The van der Waals surface area contributed by atoms with Crippen molar-refractivity contribution >= 4 is 17.8 Å². The molecule has 1 fully saturated rings. The molecule has 0 aromatic heterocycles. The van der Waals surface area contributed by atoms with Gasteiger partial charge >= 0.3 is 5.97 Å². The Balaban J connectivity index is 3.13. The van der Waals surface area contributed by atoms with Crippen molar-refractivity contribution in [1.29, 1.82) is 0 Å². The van der Waals surface area contributed by atoms with Crippen LogP contribution in [0.1, 0.15) is 34.1 Å². The van der Waals surface area contributed by atoms with E-state index in [-0.39, 0.29) is 6.42 Å². The molecule has 2 amide bonds. The van der Waals surface area contributed by atoms with Crippen LogP contribution in [0.15, 0.2) is 0 Å². The van der Waals surface area contributed by atoms with Gasteiger partial charge in [-0.3, -0.25) is 14.5 Å². The van der Waals surface area contributed by atoms with E-state index in [0.717, 1.165) is 4.90 Å². The maximum absolute atomic E-state index is 11.8. The molecule has 1 heterocycles. The number of likely N-dealkylation sites (tertiary alicyclic amines) is 1. The van der Waals surface area contributed by atoms with Crippen LogP contribution in [0, 0.1) is 5.41 Å².